The van der Waals surface area contributed by atoms with E-state index in [1.807, 2.05) is 48.7 Å². The number of hydrogen-bond donors (Lipinski definition) is 1. The van der Waals surface area contributed by atoms with Crippen LogP contribution in [0.1, 0.15) is 17.4 Å². The van der Waals surface area contributed by atoms with Gasteiger partial charge in [0.15, 0.2) is 0 Å². The molecule has 0 saturated heterocycles. The van der Waals surface area contributed by atoms with Crippen molar-refractivity contribution in [3.05, 3.63) is 70.4 Å². The lowest BCUT2D eigenvalue weighted by molar-refractivity contribution is -0.120. The topological polar surface area (TPSA) is 41.5 Å². The predicted octanol–water partition coefficient (Wildman–Crippen LogP) is 3.98. The Morgan fingerprint density at radius 3 is 2.73 bits per heavy atom. The molecule has 0 fully saturated rings. The van der Waals surface area contributed by atoms with Crippen LogP contribution in [0.2, 0.25) is 0 Å². The number of nitrogens with zero attached hydrogens (tertiary/aromatic N) is 1. The molecule has 0 unspecified atom stereocenters. The fraction of sp³-hybridized carbons (Fsp3) is 0.111. The second-order valence-corrected chi connectivity index (χ2v) is 6.05. The molecule has 0 saturated carbocycles. The molecule has 1 aromatic heterocycles. The van der Waals surface area contributed by atoms with Crippen LogP contribution in [0.5, 0.6) is 0 Å². The van der Waals surface area contributed by atoms with Gasteiger partial charge in [-0.25, -0.2) is 5.43 Å². The first-order valence-corrected chi connectivity index (χ1v) is 7.95. The highest BCUT2D eigenvalue weighted by Crippen LogP contribution is 2.19. The number of thiophene rings is 1. The maximum Gasteiger partial charge on any atom is 0.245 e. The zero-order valence-corrected chi connectivity index (χ0v) is 13.1. The van der Waals surface area contributed by atoms with Gasteiger partial charge >= 0.3 is 0 Å². The molecule has 0 spiro atoms. The molecule has 0 aliphatic heterocycles. The average molecular weight is 308 g/mol. The Morgan fingerprint density at radius 1 is 1.09 bits per heavy atom. The second-order valence-electron chi connectivity index (χ2n) is 5.02. The third-order valence-electron chi connectivity index (χ3n) is 3.44. The zero-order valence-electron chi connectivity index (χ0n) is 12.2. The van der Waals surface area contributed by atoms with Crippen LogP contribution in [0.4, 0.5) is 0 Å². The standard InChI is InChI=1S/C18H16N2OS/c1-13(19-20-18(21)12-15-8-5-11-22-15)16-10-4-7-14-6-2-3-9-17(14)16/h2-11H,12H2,1H3,(H,20,21)/b19-13+. The van der Waals surface area contributed by atoms with Gasteiger partial charge < -0.3 is 0 Å². The van der Waals surface area contributed by atoms with Gasteiger partial charge in [0.1, 0.15) is 0 Å². The fourth-order valence-electron chi connectivity index (χ4n) is 2.36. The molecule has 4 heteroatoms. The molecule has 0 atom stereocenters. The van der Waals surface area contributed by atoms with E-state index in [4.69, 9.17) is 0 Å². The highest BCUT2D eigenvalue weighted by Gasteiger charge is 2.06. The summed E-state index contributed by atoms with van der Waals surface area (Å²) in [6.07, 6.45) is 0.365. The number of hydrazone groups is 1. The average Bonchev–Trinajstić information content (AvgIpc) is 3.05. The molecule has 1 N–H and O–H groups in total. The number of amides is 1. The number of carbonyl (C=O) groups excluding carboxylic acids is 1. The first kappa shape index (κ1) is 14.5. The molecule has 110 valence electrons. The maximum atomic E-state index is 11.9. The van der Waals surface area contributed by atoms with Gasteiger partial charge in [-0.3, -0.25) is 4.79 Å². The molecular weight excluding hydrogens is 292 g/mol. The van der Waals surface area contributed by atoms with Crippen LogP contribution in [0.3, 0.4) is 0 Å². The molecule has 1 amide bonds. The number of benzene rings is 2. The van der Waals surface area contributed by atoms with Crippen molar-refractivity contribution in [3.8, 4) is 0 Å². The van der Waals surface area contributed by atoms with E-state index in [0.717, 1.165) is 21.5 Å². The van der Waals surface area contributed by atoms with Crippen molar-refractivity contribution in [2.45, 2.75) is 13.3 Å². The Morgan fingerprint density at radius 2 is 1.91 bits per heavy atom. The quantitative estimate of drug-likeness (QED) is 0.575. The predicted molar refractivity (Wildman–Crippen MR) is 92.3 cm³/mol. The molecule has 2 aromatic carbocycles. The minimum Gasteiger partial charge on any atom is -0.273 e. The highest BCUT2D eigenvalue weighted by molar-refractivity contribution is 7.10. The van der Waals surface area contributed by atoms with Gasteiger partial charge in [0.2, 0.25) is 5.91 Å². The van der Waals surface area contributed by atoms with Crippen molar-refractivity contribution in [3.63, 3.8) is 0 Å². The van der Waals surface area contributed by atoms with Gasteiger partial charge in [-0.05, 0) is 29.1 Å². The summed E-state index contributed by atoms with van der Waals surface area (Å²) in [5.41, 5.74) is 4.48. The van der Waals surface area contributed by atoms with Gasteiger partial charge in [-0.15, -0.1) is 11.3 Å². The van der Waals surface area contributed by atoms with Crippen LogP contribution in [0, 0.1) is 0 Å². The Balaban J connectivity index is 1.77. The first-order chi connectivity index (χ1) is 10.7. The van der Waals surface area contributed by atoms with Crippen LogP contribution in [0.25, 0.3) is 10.8 Å². The van der Waals surface area contributed by atoms with Crippen molar-refractivity contribution in [2.75, 3.05) is 0 Å². The first-order valence-electron chi connectivity index (χ1n) is 7.07. The van der Waals surface area contributed by atoms with Crippen LogP contribution in [-0.2, 0) is 11.2 Å². The van der Waals surface area contributed by atoms with Crippen molar-refractivity contribution in [1.82, 2.24) is 5.43 Å². The summed E-state index contributed by atoms with van der Waals surface area (Å²) in [7, 11) is 0. The van der Waals surface area contributed by atoms with Crippen molar-refractivity contribution < 1.29 is 4.79 Å². The minimum absolute atomic E-state index is 0.0953. The summed E-state index contributed by atoms with van der Waals surface area (Å²) >= 11 is 1.57. The largest absolute Gasteiger partial charge is 0.273 e. The molecule has 1 heterocycles. The van der Waals surface area contributed by atoms with Crippen molar-refractivity contribution in [1.29, 1.82) is 0 Å². The van der Waals surface area contributed by atoms with E-state index in [2.05, 4.69) is 28.7 Å². The van der Waals surface area contributed by atoms with Crippen LogP contribution < -0.4 is 5.43 Å². The monoisotopic (exact) mass is 308 g/mol. The number of carbonyl (C=O) groups is 1. The van der Waals surface area contributed by atoms with Gasteiger partial charge in [0.25, 0.3) is 0 Å². The second kappa shape index (κ2) is 6.54. The SMILES string of the molecule is C/C(=N\NC(=O)Cc1cccs1)c1cccc2ccccc12. The Labute approximate surface area is 133 Å². The summed E-state index contributed by atoms with van der Waals surface area (Å²) in [5.74, 6) is -0.0953. The van der Waals surface area contributed by atoms with E-state index >= 15 is 0 Å². The summed E-state index contributed by atoms with van der Waals surface area (Å²) in [5, 5.41) is 8.52. The van der Waals surface area contributed by atoms with E-state index < -0.39 is 0 Å². The molecule has 3 aromatic rings. The smallest absolute Gasteiger partial charge is 0.245 e. The normalized spacial score (nSPS) is 11.6. The number of fused-ring (bicyclic) bond motifs is 1. The zero-order chi connectivity index (χ0) is 15.4. The molecule has 0 aliphatic rings. The third kappa shape index (κ3) is 3.23. The Kier molecular flexibility index (Phi) is 4.30. The number of hydrogen-bond acceptors (Lipinski definition) is 3. The summed E-state index contributed by atoms with van der Waals surface area (Å²) in [4.78, 5) is 12.9. The van der Waals surface area contributed by atoms with Gasteiger partial charge in [0.05, 0.1) is 12.1 Å². The lowest BCUT2D eigenvalue weighted by atomic mass is 10.0. The van der Waals surface area contributed by atoms with Crippen molar-refractivity contribution in [2.24, 2.45) is 5.10 Å². The molecule has 0 bridgehead atoms. The molecular formula is C18H16N2OS. The summed E-state index contributed by atoms with van der Waals surface area (Å²) in [6.45, 7) is 1.91. The molecule has 3 nitrogen and oxygen atoms in total. The lowest BCUT2D eigenvalue weighted by Crippen LogP contribution is -2.20. The van der Waals surface area contributed by atoms with Gasteiger partial charge in [-0.1, -0.05) is 48.5 Å². The molecule has 22 heavy (non-hydrogen) atoms. The molecule has 0 aliphatic carbocycles. The summed E-state index contributed by atoms with van der Waals surface area (Å²) < 4.78 is 0. The van der Waals surface area contributed by atoms with E-state index in [1.165, 1.54) is 5.39 Å². The lowest BCUT2D eigenvalue weighted by Gasteiger charge is -2.06. The highest BCUT2D eigenvalue weighted by atomic mass is 32.1. The van der Waals surface area contributed by atoms with Crippen LogP contribution in [0.15, 0.2) is 65.1 Å². The summed E-state index contributed by atoms with van der Waals surface area (Å²) in [6, 6.07) is 18.1. The van der Waals surface area contributed by atoms with Gasteiger partial charge in [-0.2, -0.15) is 5.10 Å². The fourth-order valence-corrected chi connectivity index (χ4v) is 3.06. The number of rotatable bonds is 4. The Bertz CT molecular complexity index is 817. The van der Waals surface area contributed by atoms with E-state index in [0.29, 0.717) is 6.42 Å². The van der Waals surface area contributed by atoms with E-state index in [1.54, 1.807) is 11.3 Å². The van der Waals surface area contributed by atoms with E-state index in [-0.39, 0.29) is 5.91 Å². The van der Waals surface area contributed by atoms with Crippen molar-refractivity contribution >= 4 is 33.7 Å². The number of nitrogens with one attached hydrogen (secondary N) is 1. The van der Waals surface area contributed by atoms with Gasteiger partial charge in [0, 0.05) is 10.4 Å². The third-order valence-corrected chi connectivity index (χ3v) is 4.32. The maximum absolute atomic E-state index is 11.9. The minimum atomic E-state index is -0.0953. The van der Waals surface area contributed by atoms with Crippen LogP contribution in [-0.4, -0.2) is 11.6 Å². The Hall–Kier alpha value is -2.46. The molecule has 0 radical (unpaired) electrons. The molecule has 3 rings (SSSR count). The van der Waals surface area contributed by atoms with Crippen LogP contribution >= 0.6 is 11.3 Å². The van der Waals surface area contributed by atoms with E-state index in [9.17, 15) is 4.79 Å².